The summed E-state index contributed by atoms with van der Waals surface area (Å²) in [7, 11) is 0. The van der Waals surface area contributed by atoms with Crippen LogP contribution in [0.5, 0.6) is 0 Å². The van der Waals surface area contributed by atoms with Crippen molar-refractivity contribution in [3.8, 4) is 0 Å². The minimum Gasteiger partial charge on any atom is -0.294 e. The van der Waals surface area contributed by atoms with E-state index in [0.29, 0.717) is 42.0 Å². The predicted octanol–water partition coefficient (Wildman–Crippen LogP) is 4.81. The summed E-state index contributed by atoms with van der Waals surface area (Å²) in [6.07, 6.45) is 3.51. The lowest BCUT2D eigenvalue weighted by Gasteiger charge is -2.43. The van der Waals surface area contributed by atoms with Crippen molar-refractivity contribution in [3.05, 3.63) is 64.9 Å². The lowest BCUT2D eigenvalue weighted by molar-refractivity contribution is 0.0837. The molecule has 4 heterocycles. The van der Waals surface area contributed by atoms with Gasteiger partial charge in [-0.3, -0.25) is 29.3 Å². The molecule has 2 aromatic heterocycles. The number of pyridine rings is 1. The van der Waals surface area contributed by atoms with Crippen molar-refractivity contribution >= 4 is 41.0 Å². The van der Waals surface area contributed by atoms with Crippen molar-refractivity contribution in [1.29, 1.82) is 0 Å². The number of rotatable bonds is 5. The van der Waals surface area contributed by atoms with E-state index in [9.17, 15) is 4.79 Å². The Morgan fingerprint density at radius 2 is 1.85 bits per heavy atom. The number of halogens is 1. The minimum atomic E-state index is -0.0545. The normalized spacial score (nSPS) is 17.0. The van der Waals surface area contributed by atoms with Crippen LogP contribution < -0.4 is 4.90 Å². The third-order valence-corrected chi connectivity index (χ3v) is 7.11. The molecule has 0 radical (unpaired) electrons. The number of amides is 1. The van der Waals surface area contributed by atoms with E-state index < -0.39 is 0 Å². The molecule has 0 bridgehead atoms. The van der Waals surface area contributed by atoms with Crippen molar-refractivity contribution in [2.24, 2.45) is 10.4 Å². The number of hydrogen-bond donors (Lipinski definition) is 0. The summed E-state index contributed by atoms with van der Waals surface area (Å²) >= 11 is 7.62. The largest absolute Gasteiger partial charge is 0.294 e. The van der Waals surface area contributed by atoms with Crippen LogP contribution in [0.15, 0.2) is 63.7 Å². The van der Waals surface area contributed by atoms with Crippen molar-refractivity contribution in [2.75, 3.05) is 24.5 Å². The summed E-state index contributed by atoms with van der Waals surface area (Å²) in [6, 6.07) is 11.6. The summed E-state index contributed by atoms with van der Waals surface area (Å²) in [4.78, 5) is 27.5. The van der Waals surface area contributed by atoms with E-state index in [-0.39, 0.29) is 11.3 Å². The van der Waals surface area contributed by atoms with E-state index in [1.165, 1.54) is 11.8 Å². The number of benzene rings is 1. The third-order valence-electron chi connectivity index (χ3n) is 5.75. The summed E-state index contributed by atoms with van der Waals surface area (Å²) in [6.45, 7) is 8.88. The zero-order valence-electron chi connectivity index (χ0n) is 18.8. The summed E-state index contributed by atoms with van der Waals surface area (Å²) in [5.41, 5.74) is 1.67. The van der Waals surface area contributed by atoms with E-state index >= 15 is 0 Å². The number of carbonyl (C=O) groups is 1. The van der Waals surface area contributed by atoms with Crippen LogP contribution in [0.3, 0.4) is 0 Å². The maximum absolute atomic E-state index is 13.7. The number of aromatic nitrogens is 3. The lowest BCUT2D eigenvalue weighted by atomic mass is 9.91. The van der Waals surface area contributed by atoms with E-state index in [4.69, 9.17) is 21.7 Å². The van der Waals surface area contributed by atoms with Gasteiger partial charge in [0.15, 0.2) is 5.82 Å². The zero-order valence-corrected chi connectivity index (χ0v) is 20.4. The average molecular weight is 481 g/mol. The molecule has 9 heteroatoms. The molecular formula is C24H25ClN6OS. The van der Waals surface area contributed by atoms with Crippen LogP contribution in [0.25, 0.3) is 0 Å². The minimum absolute atomic E-state index is 0.0149. The second-order valence-electron chi connectivity index (χ2n) is 8.99. The molecule has 1 amide bonds. The second kappa shape index (κ2) is 8.50. The Balaban J connectivity index is 1.66. The van der Waals surface area contributed by atoms with Crippen LogP contribution >= 0.6 is 23.4 Å². The van der Waals surface area contributed by atoms with E-state index in [1.54, 1.807) is 17.3 Å². The van der Waals surface area contributed by atoms with Crippen LogP contribution in [0.1, 0.15) is 36.7 Å². The molecule has 0 spiro atoms. The molecular weight excluding hydrogens is 456 g/mol. The quantitative estimate of drug-likeness (QED) is 0.524. The molecule has 0 saturated heterocycles. The van der Waals surface area contributed by atoms with Gasteiger partial charge in [-0.15, -0.1) is 0 Å². The first-order valence-corrected chi connectivity index (χ1v) is 12.1. The van der Waals surface area contributed by atoms with Gasteiger partial charge >= 0.3 is 0 Å². The standard InChI is InChI=1S/C24H25ClN6OS/c1-4-29-21(32)19-20(30-15-24(2,3)14-27-23(29)30)28-31(13-16-5-7-17(25)8-6-16)22(19)33-18-9-11-26-12-10-18/h5-12H,4,13-15H2,1-3H3. The number of fused-ring (bicyclic) bond motifs is 3. The number of hydrogen-bond acceptors (Lipinski definition) is 6. The SMILES string of the molecule is CCN1C(=O)c2c(nn(Cc3ccc(Cl)cc3)c2Sc2ccncc2)N2CC(C)(C)CN=C12. The van der Waals surface area contributed by atoms with E-state index in [0.717, 1.165) is 22.0 Å². The molecule has 0 N–H and O–H groups in total. The Kier molecular flexibility index (Phi) is 5.66. The van der Waals surface area contributed by atoms with Crippen molar-refractivity contribution < 1.29 is 4.79 Å². The first-order chi connectivity index (χ1) is 15.9. The zero-order chi connectivity index (χ0) is 23.2. The van der Waals surface area contributed by atoms with Gasteiger partial charge < -0.3 is 0 Å². The van der Waals surface area contributed by atoms with Gasteiger partial charge in [-0.05, 0) is 36.8 Å². The monoisotopic (exact) mass is 480 g/mol. The van der Waals surface area contributed by atoms with Gasteiger partial charge in [0, 0.05) is 47.4 Å². The average Bonchev–Trinajstić information content (AvgIpc) is 3.15. The predicted molar refractivity (Wildman–Crippen MR) is 131 cm³/mol. The molecule has 5 rings (SSSR count). The van der Waals surface area contributed by atoms with E-state index in [2.05, 4.69) is 23.7 Å². The Labute approximate surface area is 202 Å². The molecule has 33 heavy (non-hydrogen) atoms. The molecule has 0 unspecified atom stereocenters. The Hall–Kier alpha value is -2.84. The molecule has 7 nitrogen and oxygen atoms in total. The number of carbonyl (C=O) groups excluding carboxylic acids is 1. The maximum Gasteiger partial charge on any atom is 0.267 e. The Morgan fingerprint density at radius 1 is 1.12 bits per heavy atom. The highest BCUT2D eigenvalue weighted by Gasteiger charge is 2.43. The first kappa shape index (κ1) is 22.0. The fourth-order valence-corrected chi connectivity index (χ4v) is 5.23. The van der Waals surface area contributed by atoms with E-state index in [1.807, 2.05) is 48.0 Å². The van der Waals surface area contributed by atoms with Crippen molar-refractivity contribution in [3.63, 3.8) is 0 Å². The molecule has 170 valence electrons. The molecule has 0 fully saturated rings. The topological polar surface area (TPSA) is 66.6 Å². The molecule has 0 aliphatic carbocycles. The van der Waals surface area contributed by atoms with Gasteiger partial charge in [-0.25, -0.2) is 0 Å². The van der Waals surface area contributed by atoms with Crippen LogP contribution in [-0.2, 0) is 6.54 Å². The van der Waals surface area contributed by atoms with Gasteiger partial charge in [0.05, 0.1) is 6.54 Å². The molecule has 3 aromatic rings. The van der Waals surface area contributed by atoms with Gasteiger partial charge in [0.1, 0.15) is 10.6 Å². The van der Waals surface area contributed by atoms with Crippen molar-refractivity contribution in [1.82, 2.24) is 19.7 Å². The van der Waals surface area contributed by atoms with Gasteiger partial charge in [-0.1, -0.05) is 49.3 Å². The maximum atomic E-state index is 13.7. The Bertz CT molecular complexity index is 1220. The fourth-order valence-electron chi connectivity index (χ4n) is 4.13. The molecule has 0 atom stereocenters. The number of nitrogens with zero attached hydrogens (tertiary/aromatic N) is 6. The molecule has 2 aliphatic rings. The van der Waals surface area contributed by atoms with Crippen LogP contribution in [-0.4, -0.2) is 51.2 Å². The number of aliphatic imine (C=N–C) groups is 1. The van der Waals surface area contributed by atoms with Gasteiger partial charge in [-0.2, -0.15) is 5.10 Å². The van der Waals surface area contributed by atoms with Gasteiger partial charge in [0.25, 0.3) is 5.91 Å². The summed E-state index contributed by atoms with van der Waals surface area (Å²) in [5, 5.41) is 6.49. The van der Waals surface area contributed by atoms with Crippen LogP contribution in [0.2, 0.25) is 5.02 Å². The second-order valence-corrected chi connectivity index (χ2v) is 10.5. The van der Waals surface area contributed by atoms with Gasteiger partial charge in [0.2, 0.25) is 5.96 Å². The fraction of sp³-hybridized carbons (Fsp3) is 0.333. The van der Waals surface area contributed by atoms with Crippen LogP contribution in [0, 0.1) is 5.41 Å². The van der Waals surface area contributed by atoms with Crippen molar-refractivity contribution in [2.45, 2.75) is 37.2 Å². The highest BCUT2D eigenvalue weighted by atomic mass is 35.5. The summed E-state index contributed by atoms with van der Waals surface area (Å²) in [5.74, 6) is 1.33. The number of anilines is 1. The third kappa shape index (κ3) is 4.13. The Morgan fingerprint density at radius 3 is 2.55 bits per heavy atom. The lowest BCUT2D eigenvalue weighted by Crippen LogP contribution is -2.57. The molecule has 2 aliphatic heterocycles. The smallest absolute Gasteiger partial charge is 0.267 e. The highest BCUT2D eigenvalue weighted by Crippen LogP contribution is 2.41. The first-order valence-electron chi connectivity index (χ1n) is 10.9. The molecule has 0 saturated carbocycles. The highest BCUT2D eigenvalue weighted by molar-refractivity contribution is 7.99. The van der Waals surface area contributed by atoms with Crippen LogP contribution in [0.4, 0.5) is 5.82 Å². The number of guanidine groups is 1. The summed E-state index contributed by atoms with van der Waals surface area (Å²) < 4.78 is 1.93. The molecule has 1 aromatic carbocycles.